The molecule has 0 saturated heterocycles. The van der Waals surface area contributed by atoms with Gasteiger partial charge in [-0.3, -0.25) is 9.59 Å². The molecule has 4 rings (SSSR count). The normalized spacial score (nSPS) is 33.8. The molecule has 53 heavy (non-hydrogen) atoms. The molecule has 3 nitrogen and oxygen atoms in total. The molecule has 0 amide bonds. The van der Waals surface area contributed by atoms with Crippen molar-refractivity contribution in [3.63, 3.8) is 0 Å². The third-order valence-corrected chi connectivity index (χ3v) is 16.0. The molecule has 4 aliphatic carbocycles. The van der Waals surface area contributed by atoms with Crippen LogP contribution < -0.4 is 0 Å². The van der Waals surface area contributed by atoms with Crippen LogP contribution in [-0.4, -0.2) is 17.9 Å². The van der Waals surface area contributed by atoms with Crippen molar-refractivity contribution >= 4 is 11.8 Å². The van der Waals surface area contributed by atoms with E-state index >= 15 is 0 Å². The molecule has 0 aromatic carbocycles. The quantitative estimate of drug-likeness (QED) is 0.0754. The molecule has 302 valence electrons. The summed E-state index contributed by atoms with van der Waals surface area (Å²) in [5, 5.41) is 0. The summed E-state index contributed by atoms with van der Waals surface area (Å²) in [5.74, 6) is 2.83. The summed E-state index contributed by atoms with van der Waals surface area (Å²) >= 11 is 0. The van der Waals surface area contributed by atoms with E-state index in [0.717, 1.165) is 57.8 Å². The molecule has 3 fully saturated rings. The zero-order valence-corrected chi connectivity index (χ0v) is 36.7. The molecule has 0 N–H and O–H groups in total. The molecule has 9 atom stereocenters. The van der Waals surface area contributed by atoms with E-state index < -0.39 is 0 Å². The lowest BCUT2D eigenvalue weighted by molar-refractivity contribution is -0.164. The van der Waals surface area contributed by atoms with Gasteiger partial charge in [-0.1, -0.05) is 138 Å². The lowest BCUT2D eigenvalue weighted by atomic mass is 9.42. The Labute approximate surface area is 328 Å². The number of esters is 1. The Morgan fingerprint density at radius 3 is 2.15 bits per heavy atom. The van der Waals surface area contributed by atoms with Gasteiger partial charge < -0.3 is 4.74 Å². The van der Waals surface area contributed by atoms with Crippen molar-refractivity contribution in [2.24, 2.45) is 56.7 Å². The Balaban J connectivity index is 1.34. The molecule has 0 aliphatic heterocycles. The van der Waals surface area contributed by atoms with E-state index in [0.29, 0.717) is 35.9 Å². The maximum atomic E-state index is 14.0. The average molecular weight is 733 g/mol. The number of unbranched alkanes of at least 4 members (excludes halogenated alkanes) is 8. The van der Waals surface area contributed by atoms with Gasteiger partial charge in [0.1, 0.15) is 6.10 Å². The fourth-order valence-electron chi connectivity index (χ4n) is 12.1. The maximum Gasteiger partial charge on any atom is 0.306 e. The molecule has 0 aromatic heterocycles. The predicted molar refractivity (Wildman–Crippen MR) is 226 cm³/mol. The Morgan fingerprint density at radius 2 is 1.49 bits per heavy atom. The van der Waals surface area contributed by atoms with Gasteiger partial charge in [-0.25, -0.2) is 0 Å². The zero-order chi connectivity index (χ0) is 39.1. The molecule has 3 heteroatoms. The van der Waals surface area contributed by atoms with E-state index in [1.807, 2.05) is 0 Å². The first-order chi connectivity index (χ1) is 24.9. The molecule has 0 heterocycles. The number of carbonyl (C=O) groups is 2. The minimum atomic E-state index is -0.154. The van der Waals surface area contributed by atoms with Crippen LogP contribution in [0.3, 0.4) is 0 Å². The second kappa shape index (κ2) is 18.5. The highest BCUT2D eigenvalue weighted by Crippen LogP contribution is 2.73. The van der Waals surface area contributed by atoms with Gasteiger partial charge in [0.15, 0.2) is 5.78 Å². The molecule has 0 spiro atoms. The zero-order valence-electron chi connectivity index (χ0n) is 36.7. The Morgan fingerprint density at radius 1 is 0.849 bits per heavy atom. The SMILES string of the molecule is CCCCC/C=C\C/C=C\CCCCCCCC(=O)O[C@H](CCC(C)(C)C)C(C)(C)[C@H]1CC[C@@]2(C)C3=CC(=O)[C@@H]4C[C@@H](C)[C@@H](C)C[C@]4(C)C3CC[C@]12C. The number of ether oxygens (including phenoxy) is 1. The molecule has 3 saturated carbocycles. The van der Waals surface area contributed by atoms with Crippen LogP contribution in [0.4, 0.5) is 0 Å². The highest BCUT2D eigenvalue weighted by molar-refractivity contribution is 5.94. The van der Waals surface area contributed by atoms with Crippen molar-refractivity contribution in [2.75, 3.05) is 0 Å². The first kappa shape index (κ1) is 44.1. The first-order valence-corrected chi connectivity index (χ1v) is 22.7. The number of rotatable bonds is 19. The average Bonchev–Trinajstić information content (AvgIpc) is 3.37. The number of ketones is 1. The summed E-state index contributed by atoms with van der Waals surface area (Å²) in [4.78, 5) is 27.5. The first-order valence-electron chi connectivity index (χ1n) is 22.7. The van der Waals surface area contributed by atoms with Gasteiger partial charge in [-0.15, -0.1) is 0 Å². The molecule has 4 aliphatic rings. The van der Waals surface area contributed by atoms with Crippen molar-refractivity contribution in [3.05, 3.63) is 36.0 Å². The summed E-state index contributed by atoms with van der Waals surface area (Å²) in [6, 6.07) is 0. The summed E-state index contributed by atoms with van der Waals surface area (Å²) < 4.78 is 6.61. The molecular weight excluding hydrogens is 649 g/mol. The number of allylic oxidation sites excluding steroid dienone is 6. The smallest absolute Gasteiger partial charge is 0.306 e. The Bertz CT molecular complexity index is 1290. The Hall–Kier alpha value is -1.64. The lowest BCUT2D eigenvalue weighted by Gasteiger charge is -2.62. The van der Waals surface area contributed by atoms with Crippen LogP contribution in [0, 0.1) is 56.7 Å². The van der Waals surface area contributed by atoms with Crippen molar-refractivity contribution < 1.29 is 14.3 Å². The minimum absolute atomic E-state index is 0.00233. The number of hydrogen-bond donors (Lipinski definition) is 0. The highest BCUT2D eigenvalue weighted by Gasteiger charge is 2.67. The molecule has 1 unspecified atom stereocenters. The van der Waals surface area contributed by atoms with Gasteiger partial charge in [0, 0.05) is 17.8 Å². The van der Waals surface area contributed by atoms with E-state index in [-0.39, 0.29) is 45.1 Å². The van der Waals surface area contributed by atoms with Crippen molar-refractivity contribution in [1.29, 1.82) is 0 Å². The van der Waals surface area contributed by atoms with Crippen LogP contribution in [-0.2, 0) is 14.3 Å². The van der Waals surface area contributed by atoms with Crippen molar-refractivity contribution in [2.45, 2.75) is 211 Å². The van der Waals surface area contributed by atoms with Crippen LogP contribution in [0.25, 0.3) is 0 Å². The molecule has 0 bridgehead atoms. The minimum Gasteiger partial charge on any atom is -0.462 e. The largest absolute Gasteiger partial charge is 0.462 e. The van der Waals surface area contributed by atoms with E-state index in [1.54, 1.807) is 0 Å². The third-order valence-electron chi connectivity index (χ3n) is 16.0. The lowest BCUT2D eigenvalue weighted by Crippen LogP contribution is -2.57. The van der Waals surface area contributed by atoms with Crippen LogP contribution in [0.2, 0.25) is 0 Å². The maximum absolute atomic E-state index is 14.0. The van der Waals surface area contributed by atoms with Gasteiger partial charge in [-0.2, -0.15) is 0 Å². The van der Waals surface area contributed by atoms with E-state index in [9.17, 15) is 9.59 Å². The van der Waals surface area contributed by atoms with E-state index in [4.69, 9.17) is 4.74 Å². The molecule has 0 aromatic rings. The van der Waals surface area contributed by atoms with Crippen LogP contribution >= 0.6 is 0 Å². The second-order valence-electron chi connectivity index (χ2n) is 21.3. The van der Waals surface area contributed by atoms with Crippen LogP contribution in [0.5, 0.6) is 0 Å². The van der Waals surface area contributed by atoms with E-state index in [1.165, 1.54) is 69.8 Å². The van der Waals surface area contributed by atoms with Gasteiger partial charge in [0.2, 0.25) is 0 Å². The van der Waals surface area contributed by atoms with Gasteiger partial charge in [-0.05, 0) is 141 Å². The number of hydrogen-bond acceptors (Lipinski definition) is 3. The number of carbonyl (C=O) groups excluding carboxylic acids is 2. The second-order valence-corrected chi connectivity index (χ2v) is 21.3. The van der Waals surface area contributed by atoms with Gasteiger partial charge in [0.05, 0.1) is 0 Å². The summed E-state index contributed by atoms with van der Waals surface area (Å²) in [6.07, 6.45) is 33.7. The molecular formula is C50H84O3. The summed E-state index contributed by atoms with van der Waals surface area (Å²) in [7, 11) is 0. The number of fused-ring (bicyclic) bond motifs is 5. The fourth-order valence-corrected chi connectivity index (χ4v) is 12.1. The van der Waals surface area contributed by atoms with Gasteiger partial charge >= 0.3 is 5.97 Å². The van der Waals surface area contributed by atoms with Crippen LogP contribution in [0.15, 0.2) is 36.0 Å². The fraction of sp³-hybridized carbons (Fsp3) is 0.840. The Kier molecular flexibility index (Phi) is 15.4. The predicted octanol–water partition coefficient (Wildman–Crippen LogP) is 14.6. The van der Waals surface area contributed by atoms with Gasteiger partial charge in [0.25, 0.3) is 0 Å². The molecule has 0 radical (unpaired) electrons. The topological polar surface area (TPSA) is 43.4 Å². The highest BCUT2D eigenvalue weighted by atomic mass is 16.5. The van der Waals surface area contributed by atoms with Crippen LogP contribution in [0.1, 0.15) is 205 Å². The third kappa shape index (κ3) is 10.2. The standard InChI is InChI=1S/C50H84O3/c1-12-13-14-15-16-17-18-19-20-21-22-23-24-25-26-27-45(52)53-44(30-31-46(4,5)6)47(7,8)43-29-33-49(10)40-35-42(51)41-34-37(2)38(3)36-48(41,9)39(40)28-32-50(43,49)11/h16-17,19-20,35,37-39,41,43-44H,12-15,18,21-34,36H2,1-11H3/b17-16-,20-19-/t37-,38+,39?,41+,43-,44-,48-,49+,50-/m1/s1. The monoisotopic (exact) mass is 733 g/mol. The summed E-state index contributed by atoms with van der Waals surface area (Å²) in [5.41, 5.74) is 1.67. The van der Waals surface area contributed by atoms with Crippen molar-refractivity contribution in [3.8, 4) is 0 Å². The van der Waals surface area contributed by atoms with E-state index in [2.05, 4.69) is 107 Å². The summed E-state index contributed by atoms with van der Waals surface area (Å²) in [6.45, 7) is 26.4. The van der Waals surface area contributed by atoms with Crippen molar-refractivity contribution in [1.82, 2.24) is 0 Å².